The van der Waals surface area contributed by atoms with Crippen molar-refractivity contribution in [2.75, 3.05) is 44.2 Å². The lowest BCUT2D eigenvalue weighted by atomic mass is 10.2. The monoisotopic (exact) mass is 349 g/mol. The predicted octanol–water partition coefficient (Wildman–Crippen LogP) is 1.20. The van der Waals surface area contributed by atoms with E-state index < -0.39 is 10.2 Å². The Bertz CT molecular complexity index is 709. The second-order valence-electron chi connectivity index (χ2n) is 6.20. The third-order valence-electron chi connectivity index (χ3n) is 4.60. The van der Waals surface area contributed by atoms with Gasteiger partial charge in [-0.15, -0.1) is 0 Å². The van der Waals surface area contributed by atoms with Gasteiger partial charge in [-0.25, -0.2) is 4.98 Å². The summed E-state index contributed by atoms with van der Waals surface area (Å²) in [4.78, 5) is 6.38. The highest BCUT2D eigenvalue weighted by atomic mass is 32.2. The summed E-state index contributed by atoms with van der Waals surface area (Å²) in [5.41, 5.74) is 0.384. The van der Waals surface area contributed by atoms with Crippen molar-refractivity contribution in [1.29, 1.82) is 5.26 Å². The molecule has 0 bridgehead atoms. The minimum absolute atomic E-state index is 0.384. The first-order chi connectivity index (χ1) is 11.6. The molecule has 130 valence electrons. The highest BCUT2D eigenvalue weighted by Gasteiger charge is 2.31. The number of anilines is 1. The standard InChI is InChI=1S/C16H23N5O2S/c17-14-15-6-4-7-16(18-15)19-8-5-11-21(13-12-19)24(22,23)20-9-2-1-3-10-20/h4,6-7H,1-3,5,8-13H2. The molecule has 0 atom stereocenters. The van der Waals surface area contributed by atoms with Gasteiger partial charge in [0.25, 0.3) is 10.2 Å². The molecule has 24 heavy (non-hydrogen) atoms. The number of hydrogen-bond acceptors (Lipinski definition) is 5. The smallest absolute Gasteiger partial charge is 0.282 e. The summed E-state index contributed by atoms with van der Waals surface area (Å²) in [7, 11) is -3.36. The lowest BCUT2D eigenvalue weighted by molar-refractivity contribution is 0.307. The molecule has 0 spiro atoms. The van der Waals surface area contributed by atoms with Gasteiger partial charge in [-0.05, 0) is 31.4 Å². The topological polar surface area (TPSA) is 80.5 Å². The van der Waals surface area contributed by atoms with E-state index in [-0.39, 0.29) is 0 Å². The van der Waals surface area contributed by atoms with Crippen LogP contribution in [0.15, 0.2) is 18.2 Å². The molecule has 0 N–H and O–H groups in total. The molecule has 0 radical (unpaired) electrons. The number of piperidine rings is 1. The van der Waals surface area contributed by atoms with E-state index >= 15 is 0 Å². The molecule has 1 aromatic heterocycles. The van der Waals surface area contributed by atoms with Crippen molar-refractivity contribution in [3.05, 3.63) is 23.9 Å². The summed E-state index contributed by atoms with van der Waals surface area (Å²) in [5.74, 6) is 0.742. The van der Waals surface area contributed by atoms with Crippen molar-refractivity contribution in [2.45, 2.75) is 25.7 Å². The molecule has 0 amide bonds. The Morgan fingerprint density at radius 1 is 0.917 bits per heavy atom. The van der Waals surface area contributed by atoms with Gasteiger partial charge in [0, 0.05) is 39.3 Å². The van der Waals surface area contributed by atoms with Crippen LogP contribution in [0.4, 0.5) is 5.82 Å². The van der Waals surface area contributed by atoms with Crippen molar-refractivity contribution in [3.63, 3.8) is 0 Å². The highest BCUT2D eigenvalue weighted by molar-refractivity contribution is 7.86. The third-order valence-corrected chi connectivity index (χ3v) is 6.63. The van der Waals surface area contributed by atoms with Gasteiger partial charge in [0.2, 0.25) is 0 Å². The first kappa shape index (κ1) is 17.1. The van der Waals surface area contributed by atoms with Gasteiger partial charge in [0.15, 0.2) is 0 Å². The molecule has 8 heteroatoms. The van der Waals surface area contributed by atoms with Crippen LogP contribution in [0.1, 0.15) is 31.4 Å². The van der Waals surface area contributed by atoms with E-state index in [1.54, 1.807) is 14.7 Å². The van der Waals surface area contributed by atoms with Gasteiger partial charge >= 0.3 is 0 Å². The first-order valence-electron chi connectivity index (χ1n) is 8.48. The zero-order valence-electron chi connectivity index (χ0n) is 13.8. The molecule has 0 aliphatic carbocycles. The molecule has 3 heterocycles. The predicted molar refractivity (Wildman–Crippen MR) is 91.7 cm³/mol. The summed E-state index contributed by atoms with van der Waals surface area (Å²) in [5, 5.41) is 8.98. The van der Waals surface area contributed by atoms with Crippen LogP contribution in [0.3, 0.4) is 0 Å². The van der Waals surface area contributed by atoms with E-state index in [0.717, 1.165) is 38.0 Å². The third kappa shape index (κ3) is 3.69. The van der Waals surface area contributed by atoms with E-state index in [1.807, 2.05) is 18.2 Å². The van der Waals surface area contributed by atoms with E-state index in [0.29, 0.717) is 38.4 Å². The van der Waals surface area contributed by atoms with E-state index in [9.17, 15) is 8.42 Å². The maximum absolute atomic E-state index is 12.8. The van der Waals surface area contributed by atoms with Crippen LogP contribution in [-0.2, 0) is 10.2 Å². The Balaban J connectivity index is 1.69. The first-order valence-corrected chi connectivity index (χ1v) is 9.88. The van der Waals surface area contributed by atoms with Crippen LogP contribution >= 0.6 is 0 Å². The van der Waals surface area contributed by atoms with E-state index in [1.165, 1.54) is 0 Å². The second kappa shape index (κ2) is 7.47. The quantitative estimate of drug-likeness (QED) is 0.819. The van der Waals surface area contributed by atoms with Gasteiger partial charge in [0.1, 0.15) is 17.6 Å². The zero-order valence-corrected chi connectivity index (χ0v) is 14.6. The minimum atomic E-state index is -3.36. The molecule has 3 rings (SSSR count). The number of nitrogens with zero attached hydrogens (tertiary/aromatic N) is 5. The molecule has 2 saturated heterocycles. The molecule has 0 saturated carbocycles. The number of aromatic nitrogens is 1. The van der Waals surface area contributed by atoms with Crippen LogP contribution < -0.4 is 4.90 Å². The Kier molecular flexibility index (Phi) is 5.33. The average molecular weight is 349 g/mol. The molecule has 0 aromatic carbocycles. The fourth-order valence-corrected chi connectivity index (χ4v) is 4.99. The van der Waals surface area contributed by atoms with Crippen molar-refractivity contribution >= 4 is 16.0 Å². The number of hydrogen-bond donors (Lipinski definition) is 0. The minimum Gasteiger partial charge on any atom is -0.355 e. The van der Waals surface area contributed by atoms with Gasteiger partial charge in [0.05, 0.1) is 0 Å². The van der Waals surface area contributed by atoms with Crippen LogP contribution in [-0.4, -0.2) is 61.3 Å². The van der Waals surface area contributed by atoms with Gasteiger partial charge in [-0.3, -0.25) is 0 Å². The maximum Gasteiger partial charge on any atom is 0.282 e. The number of nitriles is 1. The van der Waals surface area contributed by atoms with Crippen LogP contribution in [0, 0.1) is 11.3 Å². The zero-order chi connectivity index (χ0) is 17.0. The fourth-order valence-electron chi connectivity index (χ4n) is 3.27. The van der Waals surface area contributed by atoms with Crippen LogP contribution in [0.25, 0.3) is 0 Å². The fraction of sp³-hybridized carbons (Fsp3) is 0.625. The summed E-state index contributed by atoms with van der Waals surface area (Å²) < 4.78 is 28.9. The lowest BCUT2D eigenvalue weighted by Crippen LogP contribution is -2.47. The van der Waals surface area contributed by atoms with Gasteiger partial charge in [-0.2, -0.15) is 22.3 Å². The Morgan fingerprint density at radius 3 is 2.38 bits per heavy atom. The lowest BCUT2D eigenvalue weighted by Gasteiger charge is -2.31. The van der Waals surface area contributed by atoms with E-state index in [2.05, 4.69) is 9.88 Å². The number of rotatable bonds is 3. The van der Waals surface area contributed by atoms with Gasteiger partial charge < -0.3 is 4.90 Å². The van der Waals surface area contributed by atoms with Crippen molar-refractivity contribution in [3.8, 4) is 6.07 Å². The molecule has 2 fully saturated rings. The Labute approximate surface area is 143 Å². The summed E-state index contributed by atoms with van der Waals surface area (Å²) in [6, 6.07) is 7.41. The molecule has 2 aliphatic rings. The molecular formula is C16H23N5O2S. The van der Waals surface area contributed by atoms with Crippen LogP contribution in [0.5, 0.6) is 0 Å². The SMILES string of the molecule is N#Cc1cccc(N2CCCN(S(=O)(=O)N3CCCCC3)CC2)n1. The van der Waals surface area contributed by atoms with Crippen LogP contribution in [0.2, 0.25) is 0 Å². The normalized spacial score (nSPS) is 21.2. The Hall–Kier alpha value is -1.69. The molecule has 7 nitrogen and oxygen atoms in total. The maximum atomic E-state index is 12.8. The molecule has 1 aromatic rings. The average Bonchev–Trinajstić information content (AvgIpc) is 2.89. The summed E-state index contributed by atoms with van der Waals surface area (Å²) in [6.45, 7) is 3.59. The molecule has 2 aliphatic heterocycles. The number of pyridine rings is 1. The molecule has 0 unspecified atom stereocenters. The summed E-state index contributed by atoms with van der Waals surface area (Å²) in [6.07, 6.45) is 3.76. The second-order valence-corrected chi connectivity index (χ2v) is 8.13. The van der Waals surface area contributed by atoms with Crippen molar-refractivity contribution < 1.29 is 8.42 Å². The van der Waals surface area contributed by atoms with Gasteiger partial charge in [-0.1, -0.05) is 12.5 Å². The summed E-state index contributed by atoms with van der Waals surface area (Å²) >= 11 is 0. The highest BCUT2D eigenvalue weighted by Crippen LogP contribution is 2.20. The van der Waals surface area contributed by atoms with E-state index in [4.69, 9.17) is 5.26 Å². The van der Waals surface area contributed by atoms with Crippen molar-refractivity contribution in [1.82, 2.24) is 13.6 Å². The van der Waals surface area contributed by atoms with Crippen molar-refractivity contribution in [2.24, 2.45) is 0 Å². The molecular weight excluding hydrogens is 326 g/mol. The largest absolute Gasteiger partial charge is 0.355 e. The Morgan fingerprint density at radius 2 is 1.62 bits per heavy atom.